The van der Waals surface area contributed by atoms with Gasteiger partial charge >= 0.3 is 5.97 Å². The molecule has 2 fully saturated rings. The number of rotatable bonds is 6. The van der Waals surface area contributed by atoms with Gasteiger partial charge < -0.3 is 14.4 Å². The molecule has 6 rings (SSSR count). The third-order valence-corrected chi connectivity index (χ3v) is 7.14. The van der Waals surface area contributed by atoms with E-state index in [0.717, 1.165) is 23.1 Å². The van der Waals surface area contributed by atoms with Crippen molar-refractivity contribution < 1.29 is 23.0 Å². The summed E-state index contributed by atoms with van der Waals surface area (Å²) in [5.41, 5.74) is 3.68. The van der Waals surface area contributed by atoms with Crippen LogP contribution in [-0.4, -0.2) is 57.0 Å². The molecule has 11 heteroatoms. The minimum absolute atomic E-state index is 0.0230. The summed E-state index contributed by atoms with van der Waals surface area (Å²) in [6.45, 7) is 1.23. The lowest BCUT2D eigenvalue weighted by atomic mass is 10.1. The van der Waals surface area contributed by atoms with Crippen LogP contribution in [0.4, 0.5) is 14.6 Å². The van der Waals surface area contributed by atoms with Crippen molar-refractivity contribution in [1.29, 1.82) is 0 Å². The first-order chi connectivity index (χ1) is 18.4. The van der Waals surface area contributed by atoms with E-state index >= 15 is 0 Å². The van der Waals surface area contributed by atoms with Gasteiger partial charge in [0.15, 0.2) is 17.4 Å². The molecule has 1 saturated heterocycles. The summed E-state index contributed by atoms with van der Waals surface area (Å²) in [5.74, 6) is -0.941. The fourth-order valence-electron chi connectivity index (χ4n) is 5.00. The minimum atomic E-state index is -0.707. The molecular weight excluding hydrogens is 494 g/mol. The second kappa shape index (κ2) is 9.62. The van der Waals surface area contributed by atoms with Crippen molar-refractivity contribution in [2.75, 3.05) is 25.1 Å². The molecule has 4 heterocycles. The zero-order valence-electron chi connectivity index (χ0n) is 21.0. The van der Waals surface area contributed by atoms with Crippen LogP contribution in [0.3, 0.4) is 0 Å². The maximum Gasteiger partial charge on any atom is 0.309 e. The monoisotopic (exact) mass is 520 g/mol. The van der Waals surface area contributed by atoms with E-state index in [1.165, 1.54) is 19.2 Å². The van der Waals surface area contributed by atoms with Gasteiger partial charge in [0.1, 0.15) is 23.1 Å². The number of fused-ring (bicyclic) bond motifs is 1. The second-order valence-corrected chi connectivity index (χ2v) is 9.75. The molecular formula is C27H26F2N6O3. The Hall–Kier alpha value is -4.15. The Bertz CT molecular complexity index is 1520. The summed E-state index contributed by atoms with van der Waals surface area (Å²) in [6.07, 6.45) is 7.11. The van der Waals surface area contributed by atoms with Gasteiger partial charge in [0.2, 0.25) is 0 Å². The number of hydrogen-bond acceptors (Lipinski definition) is 8. The number of aryl methyl sites for hydroxylation is 1. The Morgan fingerprint density at radius 3 is 2.61 bits per heavy atom. The first kappa shape index (κ1) is 24.2. The average Bonchev–Trinajstić information content (AvgIpc) is 3.61. The fraction of sp³-hybridized carbons (Fsp3) is 0.370. The molecule has 9 nitrogen and oxygen atoms in total. The van der Waals surface area contributed by atoms with E-state index in [9.17, 15) is 13.6 Å². The summed E-state index contributed by atoms with van der Waals surface area (Å²) in [5, 5.41) is 4.30. The highest BCUT2D eigenvalue weighted by Crippen LogP contribution is 2.47. The highest BCUT2D eigenvalue weighted by Gasteiger charge is 2.46. The zero-order valence-corrected chi connectivity index (χ0v) is 21.0. The standard InChI is InChI=1S/C27H26F2N6O3/c1-34-14-15(12-31-34)25-26(35-7-5-17(6-8-35)38-24-4-3-16(28)9-20(24)29)33-22-11-21(30-13-23(22)32-25)18-10-19(18)27(36)37-2/h3-4,9,11-14,17-19H,5-8,10H2,1-2H3/t18-,19-/m0/s1. The van der Waals surface area contributed by atoms with Crippen LogP contribution < -0.4 is 9.64 Å². The predicted octanol–water partition coefficient (Wildman–Crippen LogP) is 4.03. The number of benzene rings is 1. The van der Waals surface area contributed by atoms with Crippen molar-refractivity contribution in [2.45, 2.75) is 31.3 Å². The van der Waals surface area contributed by atoms with Gasteiger partial charge in [0.05, 0.1) is 30.9 Å². The number of methoxy groups -OCH3 is 1. The Morgan fingerprint density at radius 1 is 1.08 bits per heavy atom. The number of anilines is 1. The minimum Gasteiger partial charge on any atom is -0.487 e. The summed E-state index contributed by atoms with van der Waals surface area (Å²) < 4.78 is 39.8. The van der Waals surface area contributed by atoms with Crippen molar-refractivity contribution in [3.8, 4) is 17.0 Å². The van der Waals surface area contributed by atoms with Crippen molar-refractivity contribution in [2.24, 2.45) is 13.0 Å². The van der Waals surface area contributed by atoms with Gasteiger partial charge in [-0.2, -0.15) is 5.10 Å². The van der Waals surface area contributed by atoms with E-state index in [0.29, 0.717) is 49.1 Å². The van der Waals surface area contributed by atoms with Gasteiger partial charge in [-0.3, -0.25) is 14.5 Å². The molecule has 2 atom stereocenters. The molecule has 0 radical (unpaired) electrons. The lowest BCUT2D eigenvalue weighted by molar-refractivity contribution is -0.142. The fourth-order valence-corrected chi connectivity index (χ4v) is 5.00. The van der Waals surface area contributed by atoms with Crippen molar-refractivity contribution in [3.05, 3.63) is 60.2 Å². The molecule has 0 unspecified atom stereocenters. The maximum absolute atomic E-state index is 14.1. The van der Waals surface area contributed by atoms with E-state index in [2.05, 4.69) is 15.0 Å². The first-order valence-corrected chi connectivity index (χ1v) is 12.5. The largest absolute Gasteiger partial charge is 0.487 e. The number of ether oxygens (including phenoxy) is 2. The maximum atomic E-state index is 14.1. The lowest BCUT2D eigenvalue weighted by Crippen LogP contribution is -2.39. The third-order valence-electron chi connectivity index (χ3n) is 7.14. The normalized spacial score (nSPS) is 19.5. The van der Waals surface area contributed by atoms with Crippen LogP contribution >= 0.6 is 0 Å². The van der Waals surface area contributed by atoms with Crippen LogP contribution in [0.25, 0.3) is 22.3 Å². The molecule has 196 valence electrons. The lowest BCUT2D eigenvalue weighted by Gasteiger charge is -2.33. The smallest absolute Gasteiger partial charge is 0.309 e. The molecule has 0 spiro atoms. The van der Waals surface area contributed by atoms with Gasteiger partial charge in [-0.15, -0.1) is 0 Å². The highest BCUT2D eigenvalue weighted by atomic mass is 19.1. The number of carbonyl (C=O) groups excluding carboxylic acids is 1. The third kappa shape index (κ3) is 4.64. The second-order valence-electron chi connectivity index (χ2n) is 9.75. The first-order valence-electron chi connectivity index (χ1n) is 12.5. The van der Waals surface area contributed by atoms with Crippen LogP contribution in [0, 0.1) is 17.6 Å². The van der Waals surface area contributed by atoms with Crippen molar-refractivity contribution in [1.82, 2.24) is 24.7 Å². The molecule has 1 aliphatic carbocycles. The molecule has 1 saturated carbocycles. The predicted molar refractivity (Wildman–Crippen MR) is 135 cm³/mol. The SMILES string of the molecule is COC(=O)[C@H]1C[C@@H]1c1cc2nc(N3CCC(Oc4ccc(F)cc4F)CC3)c(-c3cnn(C)c3)nc2cn1. The van der Waals surface area contributed by atoms with Gasteiger partial charge in [-0.1, -0.05) is 0 Å². The zero-order chi connectivity index (χ0) is 26.4. The number of pyridine rings is 1. The summed E-state index contributed by atoms with van der Waals surface area (Å²) in [7, 11) is 3.24. The van der Waals surface area contributed by atoms with Crippen molar-refractivity contribution in [3.63, 3.8) is 0 Å². The quantitative estimate of drug-likeness (QED) is 0.352. The number of carbonyl (C=O) groups is 1. The number of aromatic nitrogens is 5. The average molecular weight is 521 g/mol. The van der Waals surface area contributed by atoms with E-state index in [1.54, 1.807) is 17.1 Å². The van der Waals surface area contributed by atoms with Crippen LogP contribution in [0.1, 0.15) is 30.9 Å². The highest BCUT2D eigenvalue weighted by molar-refractivity contribution is 5.84. The van der Waals surface area contributed by atoms with Crippen molar-refractivity contribution >= 4 is 22.8 Å². The van der Waals surface area contributed by atoms with Gasteiger partial charge in [0, 0.05) is 62.4 Å². The molecule has 0 amide bonds. The summed E-state index contributed by atoms with van der Waals surface area (Å²) >= 11 is 0. The number of nitrogens with zero attached hydrogens (tertiary/aromatic N) is 6. The van der Waals surface area contributed by atoms with Gasteiger partial charge in [-0.05, 0) is 24.6 Å². The molecule has 38 heavy (non-hydrogen) atoms. The summed E-state index contributed by atoms with van der Waals surface area (Å²) in [6, 6.07) is 5.24. The van der Waals surface area contributed by atoms with Crippen LogP contribution in [0.5, 0.6) is 5.75 Å². The van der Waals surface area contributed by atoms with Gasteiger partial charge in [-0.25, -0.2) is 18.7 Å². The van der Waals surface area contributed by atoms with E-state index < -0.39 is 11.6 Å². The number of piperidine rings is 1. The number of esters is 1. The molecule has 0 N–H and O–H groups in total. The number of hydrogen-bond donors (Lipinski definition) is 0. The molecule has 4 aromatic rings. The Balaban J connectivity index is 1.28. The molecule has 1 aromatic carbocycles. The Labute approximate surface area is 217 Å². The van der Waals surface area contributed by atoms with Crippen LogP contribution in [0.15, 0.2) is 42.9 Å². The van der Waals surface area contributed by atoms with Crippen LogP contribution in [-0.2, 0) is 16.6 Å². The summed E-state index contributed by atoms with van der Waals surface area (Å²) in [4.78, 5) is 28.5. The molecule has 1 aliphatic heterocycles. The van der Waals surface area contributed by atoms with E-state index in [4.69, 9.17) is 19.4 Å². The Morgan fingerprint density at radius 2 is 1.89 bits per heavy atom. The molecule has 3 aromatic heterocycles. The molecule has 0 bridgehead atoms. The topological polar surface area (TPSA) is 95.3 Å². The van der Waals surface area contributed by atoms with Gasteiger partial charge in [0.25, 0.3) is 0 Å². The Kier molecular flexibility index (Phi) is 6.13. The van der Waals surface area contributed by atoms with E-state index in [-0.39, 0.29) is 29.7 Å². The molecule has 2 aliphatic rings. The van der Waals surface area contributed by atoms with E-state index in [1.807, 2.05) is 19.3 Å². The number of halogens is 2. The van der Waals surface area contributed by atoms with Crippen LogP contribution in [0.2, 0.25) is 0 Å².